The third-order valence-electron chi connectivity index (χ3n) is 4.98. The second-order valence-electron chi connectivity index (χ2n) is 6.92. The summed E-state index contributed by atoms with van der Waals surface area (Å²) in [6, 6.07) is 25.3. The van der Waals surface area contributed by atoms with Crippen molar-refractivity contribution in [3.63, 3.8) is 0 Å². The summed E-state index contributed by atoms with van der Waals surface area (Å²) in [6.07, 6.45) is -0.117. The lowest BCUT2D eigenvalue weighted by molar-refractivity contribution is -0.0228. The fourth-order valence-electron chi connectivity index (χ4n) is 3.42. The average Bonchev–Trinajstić information content (AvgIpc) is 2.79. The second-order valence-corrected chi connectivity index (χ2v) is 7.84. The molecule has 1 atom stereocenters. The molecule has 0 saturated carbocycles. The van der Waals surface area contributed by atoms with Crippen LogP contribution in [0.2, 0.25) is 0 Å². The predicted octanol–water partition coefficient (Wildman–Crippen LogP) is 5.24. The Bertz CT molecular complexity index is 959. The number of hydrogen-bond acceptors (Lipinski definition) is 3. The first-order valence-corrected chi connectivity index (χ1v) is 10.4. The van der Waals surface area contributed by atoms with Gasteiger partial charge in [0.2, 0.25) is 0 Å². The molecule has 0 bridgehead atoms. The summed E-state index contributed by atoms with van der Waals surface area (Å²) in [4.78, 5) is 15.1. The molecule has 1 aliphatic heterocycles. The number of carbonyl (C=O) groups is 1. The van der Waals surface area contributed by atoms with Crippen molar-refractivity contribution in [1.82, 2.24) is 4.90 Å². The molecule has 4 rings (SSSR count). The van der Waals surface area contributed by atoms with Gasteiger partial charge in [-0.05, 0) is 35.9 Å². The van der Waals surface area contributed by atoms with Gasteiger partial charge in [0.1, 0.15) is 18.5 Å². The van der Waals surface area contributed by atoms with Crippen LogP contribution in [-0.4, -0.2) is 30.5 Å². The van der Waals surface area contributed by atoms with E-state index < -0.39 is 0 Å². The number of benzene rings is 3. The second kappa shape index (κ2) is 9.25. The Hall–Kier alpha value is -2.63. The van der Waals surface area contributed by atoms with E-state index >= 15 is 0 Å². The van der Waals surface area contributed by atoms with Crippen molar-refractivity contribution < 1.29 is 14.3 Å². The number of para-hydroxylation sites is 1. The molecule has 1 saturated heterocycles. The van der Waals surface area contributed by atoms with Gasteiger partial charge in [-0.3, -0.25) is 4.79 Å². The molecule has 0 N–H and O–H groups in total. The predicted molar refractivity (Wildman–Crippen MR) is 116 cm³/mol. The van der Waals surface area contributed by atoms with Crippen molar-refractivity contribution in [3.05, 3.63) is 100 Å². The summed E-state index contributed by atoms with van der Waals surface area (Å²) in [7, 11) is 0. The Morgan fingerprint density at radius 2 is 1.72 bits per heavy atom. The average molecular weight is 452 g/mol. The van der Waals surface area contributed by atoms with E-state index in [1.807, 2.05) is 83.8 Å². The Labute approximate surface area is 179 Å². The maximum Gasteiger partial charge on any atom is 0.254 e. The smallest absolute Gasteiger partial charge is 0.254 e. The first-order chi connectivity index (χ1) is 14.2. The van der Waals surface area contributed by atoms with Crippen molar-refractivity contribution >= 4 is 21.8 Å². The lowest BCUT2D eigenvalue weighted by Crippen LogP contribution is -2.42. The van der Waals surface area contributed by atoms with Gasteiger partial charge in [-0.25, -0.2) is 0 Å². The van der Waals surface area contributed by atoms with Gasteiger partial charge in [0, 0.05) is 22.1 Å². The van der Waals surface area contributed by atoms with Crippen LogP contribution in [0, 0.1) is 0 Å². The van der Waals surface area contributed by atoms with E-state index in [9.17, 15) is 4.79 Å². The van der Waals surface area contributed by atoms with Crippen LogP contribution in [0.4, 0.5) is 0 Å². The van der Waals surface area contributed by atoms with E-state index in [1.54, 1.807) is 0 Å². The lowest BCUT2D eigenvalue weighted by Gasteiger charge is -2.33. The highest BCUT2D eigenvalue weighted by atomic mass is 79.9. The van der Waals surface area contributed by atoms with Gasteiger partial charge in [0.25, 0.3) is 5.91 Å². The number of nitrogens with zero attached hydrogens (tertiary/aromatic N) is 1. The molecule has 1 unspecified atom stereocenters. The van der Waals surface area contributed by atoms with Crippen molar-refractivity contribution in [2.75, 3.05) is 19.7 Å². The zero-order valence-corrected chi connectivity index (χ0v) is 17.5. The molecule has 1 amide bonds. The summed E-state index contributed by atoms with van der Waals surface area (Å²) >= 11 is 3.46. The molecule has 0 aromatic heterocycles. The molecule has 3 aromatic rings. The van der Waals surface area contributed by atoms with Gasteiger partial charge in [-0.15, -0.1) is 0 Å². The lowest BCUT2D eigenvalue weighted by atomic mass is 10.0. The van der Waals surface area contributed by atoms with E-state index in [-0.39, 0.29) is 12.0 Å². The standard InChI is InChI=1S/C24H22BrNO3/c25-20-12-10-18(11-13-20)23-16-26(14-15-28-23)24(27)22-9-5-4-6-19(22)17-29-21-7-2-1-3-8-21/h1-13,23H,14-17H2. The molecule has 29 heavy (non-hydrogen) atoms. The fraction of sp³-hybridized carbons (Fsp3) is 0.208. The van der Waals surface area contributed by atoms with Crippen LogP contribution in [0.1, 0.15) is 27.6 Å². The quantitative estimate of drug-likeness (QED) is 0.532. The minimum absolute atomic E-state index is 0.0164. The number of rotatable bonds is 5. The molecular formula is C24H22BrNO3. The Morgan fingerprint density at radius 1 is 1.00 bits per heavy atom. The molecule has 1 heterocycles. The molecule has 1 fully saturated rings. The molecule has 0 aliphatic carbocycles. The van der Waals surface area contributed by atoms with Crippen molar-refractivity contribution in [2.24, 2.45) is 0 Å². The van der Waals surface area contributed by atoms with E-state index in [0.29, 0.717) is 31.9 Å². The fourth-order valence-corrected chi connectivity index (χ4v) is 3.68. The molecule has 4 nitrogen and oxygen atoms in total. The number of carbonyl (C=O) groups excluding carboxylic acids is 1. The van der Waals surface area contributed by atoms with E-state index in [0.717, 1.165) is 21.3 Å². The molecule has 0 radical (unpaired) electrons. The Morgan fingerprint density at radius 3 is 2.52 bits per heavy atom. The number of morpholine rings is 1. The Kier molecular flexibility index (Phi) is 6.27. The van der Waals surface area contributed by atoms with Crippen LogP contribution >= 0.6 is 15.9 Å². The summed E-state index contributed by atoms with van der Waals surface area (Å²) in [5, 5.41) is 0. The van der Waals surface area contributed by atoms with Gasteiger partial charge in [-0.2, -0.15) is 0 Å². The van der Waals surface area contributed by atoms with Gasteiger partial charge in [0.15, 0.2) is 0 Å². The van der Waals surface area contributed by atoms with Crippen LogP contribution in [0.3, 0.4) is 0 Å². The van der Waals surface area contributed by atoms with Gasteiger partial charge < -0.3 is 14.4 Å². The number of halogens is 1. The molecule has 0 spiro atoms. The zero-order valence-electron chi connectivity index (χ0n) is 16.0. The first-order valence-electron chi connectivity index (χ1n) is 9.63. The third-order valence-corrected chi connectivity index (χ3v) is 5.51. The van der Waals surface area contributed by atoms with Gasteiger partial charge in [0.05, 0.1) is 13.2 Å². The molecular weight excluding hydrogens is 430 g/mol. The largest absolute Gasteiger partial charge is 0.489 e. The summed E-state index contributed by atoms with van der Waals surface area (Å²) < 4.78 is 12.8. The van der Waals surface area contributed by atoms with Crippen molar-refractivity contribution in [3.8, 4) is 5.75 Å². The molecule has 148 valence electrons. The minimum atomic E-state index is -0.117. The van der Waals surface area contributed by atoms with E-state index in [1.165, 1.54) is 0 Å². The molecule has 3 aromatic carbocycles. The summed E-state index contributed by atoms with van der Waals surface area (Å²) in [5.41, 5.74) is 2.64. The van der Waals surface area contributed by atoms with Gasteiger partial charge in [-0.1, -0.05) is 64.5 Å². The van der Waals surface area contributed by atoms with Crippen LogP contribution < -0.4 is 4.74 Å². The SMILES string of the molecule is O=C(c1ccccc1COc1ccccc1)N1CCOC(c2ccc(Br)cc2)C1. The topological polar surface area (TPSA) is 38.8 Å². The number of amides is 1. The zero-order chi connectivity index (χ0) is 20.1. The van der Waals surface area contributed by atoms with Crippen LogP contribution in [-0.2, 0) is 11.3 Å². The highest BCUT2D eigenvalue weighted by Crippen LogP contribution is 2.25. The van der Waals surface area contributed by atoms with Crippen molar-refractivity contribution in [2.45, 2.75) is 12.7 Å². The van der Waals surface area contributed by atoms with Crippen LogP contribution in [0.25, 0.3) is 0 Å². The van der Waals surface area contributed by atoms with Crippen LogP contribution in [0.15, 0.2) is 83.3 Å². The van der Waals surface area contributed by atoms with E-state index in [2.05, 4.69) is 15.9 Å². The van der Waals surface area contributed by atoms with Crippen molar-refractivity contribution in [1.29, 1.82) is 0 Å². The normalized spacial score (nSPS) is 16.4. The monoisotopic (exact) mass is 451 g/mol. The number of hydrogen-bond donors (Lipinski definition) is 0. The number of ether oxygens (including phenoxy) is 2. The highest BCUT2D eigenvalue weighted by molar-refractivity contribution is 9.10. The summed E-state index contributed by atoms with van der Waals surface area (Å²) in [5.74, 6) is 0.805. The third kappa shape index (κ3) is 4.86. The van der Waals surface area contributed by atoms with Crippen LogP contribution in [0.5, 0.6) is 5.75 Å². The maximum atomic E-state index is 13.3. The minimum Gasteiger partial charge on any atom is -0.489 e. The summed E-state index contributed by atoms with van der Waals surface area (Å²) in [6.45, 7) is 2.00. The molecule has 5 heteroatoms. The maximum absolute atomic E-state index is 13.3. The Balaban J connectivity index is 1.48. The molecule has 1 aliphatic rings. The van der Waals surface area contributed by atoms with Gasteiger partial charge >= 0.3 is 0 Å². The highest BCUT2D eigenvalue weighted by Gasteiger charge is 2.27. The first kappa shape index (κ1) is 19.7. The van der Waals surface area contributed by atoms with E-state index in [4.69, 9.17) is 9.47 Å².